The Labute approximate surface area is 157 Å². The number of hydrogen-bond donors (Lipinski definition) is 2. The Morgan fingerprint density at radius 1 is 1.08 bits per heavy atom. The number of amides is 1. The summed E-state index contributed by atoms with van der Waals surface area (Å²) in [5.41, 5.74) is 1.91. The summed E-state index contributed by atoms with van der Waals surface area (Å²) in [4.78, 5) is 16.6. The monoisotopic (exact) mass is 367 g/mol. The number of nitrogens with one attached hydrogen (secondary N) is 2. The number of aromatic nitrogens is 1. The maximum absolute atomic E-state index is 12.3. The molecule has 0 aliphatic rings. The summed E-state index contributed by atoms with van der Waals surface area (Å²) >= 11 is 6.11. The summed E-state index contributed by atoms with van der Waals surface area (Å²) in [5.74, 6) is 1.14. The molecule has 0 saturated heterocycles. The average Bonchev–Trinajstić information content (AvgIpc) is 2.66. The van der Waals surface area contributed by atoms with E-state index in [0.717, 1.165) is 11.4 Å². The Hall–Kier alpha value is -3.05. The van der Waals surface area contributed by atoms with E-state index in [1.54, 1.807) is 30.3 Å². The average molecular weight is 368 g/mol. The highest BCUT2D eigenvalue weighted by Gasteiger charge is 2.08. The third-order valence-corrected chi connectivity index (χ3v) is 3.92. The zero-order valence-electron chi connectivity index (χ0n) is 14.2. The van der Waals surface area contributed by atoms with E-state index in [0.29, 0.717) is 28.7 Å². The lowest BCUT2D eigenvalue weighted by Crippen LogP contribution is -2.12. The van der Waals surface area contributed by atoms with Gasteiger partial charge in [0, 0.05) is 11.9 Å². The van der Waals surface area contributed by atoms with E-state index < -0.39 is 0 Å². The van der Waals surface area contributed by atoms with Crippen molar-refractivity contribution in [3.63, 3.8) is 0 Å². The minimum Gasteiger partial charge on any atom is -0.494 e. The Bertz CT molecular complexity index is 880. The highest BCUT2D eigenvalue weighted by atomic mass is 35.5. The predicted octanol–water partition coefficient (Wildman–Crippen LogP) is 5.13. The van der Waals surface area contributed by atoms with E-state index in [2.05, 4.69) is 15.6 Å². The van der Waals surface area contributed by atoms with Gasteiger partial charge in [0.15, 0.2) is 0 Å². The third kappa shape index (κ3) is 4.52. The molecule has 0 bridgehead atoms. The minimum absolute atomic E-state index is 0.231. The van der Waals surface area contributed by atoms with E-state index in [1.807, 2.05) is 37.3 Å². The van der Waals surface area contributed by atoms with E-state index in [-0.39, 0.29) is 5.91 Å². The van der Waals surface area contributed by atoms with Gasteiger partial charge < -0.3 is 15.4 Å². The molecule has 1 amide bonds. The second-order valence-corrected chi connectivity index (χ2v) is 5.86. The standard InChI is InChI=1S/C20H18ClN3O2/c1-2-26-16-10-8-15(9-11-16)23-20(25)14-7-12-19(22-13-14)24-18-6-4-3-5-17(18)21/h3-13H,2H2,1H3,(H,22,24)(H,23,25). The van der Waals surface area contributed by atoms with Crippen molar-refractivity contribution >= 4 is 34.7 Å². The SMILES string of the molecule is CCOc1ccc(NC(=O)c2ccc(Nc3ccccc3Cl)nc2)cc1. The van der Waals surface area contributed by atoms with Crippen molar-refractivity contribution in [2.45, 2.75) is 6.92 Å². The summed E-state index contributed by atoms with van der Waals surface area (Å²) in [5, 5.41) is 6.55. The lowest BCUT2D eigenvalue weighted by Gasteiger charge is -2.09. The fraction of sp³-hybridized carbons (Fsp3) is 0.100. The van der Waals surface area contributed by atoms with Crippen LogP contribution in [0.1, 0.15) is 17.3 Å². The molecule has 26 heavy (non-hydrogen) atoms. The molecule has 1 aromatic heterocycles. The summed E-state index contributed by atoms with van der Waals surface area (Å²) in [6.45, 7) is 2.53. The van der Waals surface area contributed by atoms with Gasteiger partial charge in [-0.2, -0.15) is 0 Å². The Morgan fingerprint density at radius 2 is 1.85 bits per heavy atom. The molecule has 0 aliphatic carbocycles. The van der Waals surface area contributed by atoms with E-state index >= 15 is 0 Å². The highest BCUT2D eigenvalue weighted by Crippen LogP contribution is 2.24. The molecule has 1 heterocycles. The van der Waals surface area contributed by atoms with Crippen LogP contribution in [0, 0.1) is 0 Å². The molecule has 132 valence electrons. The molecule has 3 aromatic rings. The number of carbonyl (C=O) groups is 1. The molecule has 3 rings (SSSR count). The largest absolute Gasteiger partial charge is 0.494 e. The van der Waals surface area contributed by atoms with Crippen LogP contribution in [0.5, 0.6) is 5.75 Å². The van der Waals surface area contributed by atoms with Crippen LogP contribution >= 0.6 is 11.6 Å². The minimum atomic E-state index is -0.231. The van der Waals surface area contributed by atoms with Crippen molar-refractivity contribution in [1.82, 2.24) is 4.98 Å². The maximum Gasteiger partial charge on any atom is 0.257 e. The fourth-order valence-electron chi connectivity index (χ4n) is 2.31. The van der Waals surface area contributed by atoms with Gasteiger partial charge in [-0.05, 0) is 55.5 Å². The van der Waals surface area contributed by atoms with Crippen LogP contribution in [-0.2, 0) is 0 Å². The molecule has 6 heteroatoms. The number of benzene rings is 2. The Kier molecular flexibility index (Phi) is 5.71. The number of para-hydroxylation sites is 1. The second kappa shape index (κ2) is 8.36. The van der Waals surface area contributed by atoms with Gasteiger partial charge in [-0.15, -0.1) is 0 Å². The molecule has 0 atom stereocenters. The van der Waals surface area contributed by atoms with Crippen LogP contribution in [0.25, 0.3) is 0 Å². The van der Waals surface area contributed by atoms with Crippen molar-refractivity contribution < 1.29 is 9.53 Å². The highest BCUT2D eigenvalue weighted by molar-refractivity contribution is 6.33. The zero-order chi connectivity index (χ0) is 18.4. The molecular weight excluding hydrogens is 350 g/mol. The van der Waals surface area contributed by atoms with Gasteiger partial charge in [-0.25, -0.2) is 4.98 Å². The summed E-state index contributed by atoms with van der Waals surface area (Å²) in [7, 11) is 0. The van der Waals surface area contributed by atoms with Crippen LogP contribution in [0.15, 0.2) is 66.9 Å². The van der Waals surface area contributed by atoms with Gasteiger partial charge in [0.05, 0.1) is 22.9 Å². The molecule has 0 aliphatic heterocycles. The van der Waals surface area contributed by atoms with Gasteiger partial charge >= 0.3 is 0 Å². The van der Waals surface area contributed by atoms with Crippen molar-refractivity contribution in [1.29, 1.82) is 0 Å². The lowest BCUT2D eigenvalue weighted by atomic mass is 10.2. The van der Waals surface area contributed by atoms with Crippen molar-refractivity contribution in [2.24, 2.45) is 0 Å². The number of rotatable bonds is 6. The van der Waals surface area contributed by atoms with Gasteiger partial charge in [-0.1, -0.05) is 23.7 Å². The first-order valence-corrected chi connectivity index (χ1v) is 8.55. The molecule has 0 radical (unpaired) electrons. The number of ether oxygens (including phenoxy) is 1. The zero-order valence-corrected chi connectivity index (χ0v) is 15.0. The van der Waals surface area contributed by atoms with Crippen molar-refractivity contribution in [3.8, 4) is 5.75 Å². The maximum atomic E-state index is 12.3. The van der Waals surface area contributed by atoms with E-state index in [4.69, 9.17) is 16.3 Å². The van der Waals surface area contributed by atoms with Gasteiger partial charge in [0.25, 0.3) is 5.91 Å². The number of anilines is 3. The number of pyridine rings is 1. The summed E-state index contributed by atoms with van der Waals surface area (Å²) in [6.07, 6.45) is 1.52. The second-order valence-electron chi connectivity index (χ2n) is 5.45. The van der Waals surface area contributed by atoms with E-state index in [1.165, 1.54) is 6.20 Å². The van der Waals surface area contributed by atoms with Crippen LogP contribution < -0.4 is 15.4 Å². The van der Waals surface area contributed by atoms with Gasteiger partial charge in [0.1, 0.15) is 11.6 Å². The van der Waals surface area contributed by atoms with Crippen LogP contribution in [0.2, 0.25) is 5.02 Å². The van der Waals surface area contributed by atoms with Crippen molar-refractivity contribution in [2.75, 3.05) is 17.2 Å². The van der Waals surface area contributed by atoms with Crippen LogP contribution in [0.4, 0.5) is 17.2 Å². The van der Waals surface area contributed by atoms with Gasteiger partial charge in [0.2, 0.25) is 0 Å². The first-order valence-electron chi connectivity index (χ1n) is 8.17. The summed E-state index contributed by atoms with van der Waals surface area (Å²) in [6, 6.07) is 18.0. The Morgan fingerprint density at radius 3 is 2.50 bits per heavy atom. The first kappa shape index (κ1) is 17.8. The molecular formula is C20H18ClN3O2. The Balaban J connectivity index is 1.64. The number of nitrogens with zero attached hydrogens (tertiary/aromatic N) is 1. The smallest absolute Gasteiger partial charge is 0.257 e. The topological polar surface area (TPSA) is 63.2 Å². The molecule has 2 N–H and O–H groups in total. The number of carbonyl (C=O) groups excluding carboxylic acids is 1. The van der Waals surface area contributed by atoms with E-state index in [9.17, 15) is 4.79 Å². The quantitative estimate of drug-likeness (QED) is 0.634. The molecule has 0 fully saturated rings. The van der Waals surface area contributed by atoms with Gasteiger partial charge in [-0.3, -0.25) is 4.79 Å². The van der Waals surface area contributed by atoms with Crippen LogP contribution in [0.3, 0.4) is 0 Å². The van der Waals surface area contributed by atoms with Crippen LogP contribution in [-0.4, -0.2) is 17.5 Å². The predicted molar refractivity (Wildman–Crippen MR) is 105 cm³/mol. The third-order valence-electron chi connectivity index (χ3n) is 3.59. The normalized spacial score (nSPS) is 10.2. The number of hydrogen-bond acceptors (Lipinski definition) is 4. The number of halogens is 1. The lowest BCUT2D eigenvalue weighted by molar-refractivity contribution is 0.102. The van der Waals surface area contributed by atoms with Crippen molar-refractivity contribution in [3.05, 3.63) is 77.4 Å². The molecule has 0 spiro atoms. The molecule has 2 aromatic carbocycles. The molecule has 0 unspecified atom stereocenters. The first-order chi connectivity index (χ1) is 12.7. The summed E-state index contributed by atoms with van der Waals surface area (Å²) < 4.78 is 5.38. The molecule has 0 saturated carbocycles. The fourth-order valence-corrected chi connectivity index (χ4v) is 2.49. The molecule has 5 nitrogen and oxygen atoms in total.